The lowest BCUT2D eigenvalue weighted by atomic mass is 9.84. The number of rotatable bonds is 4. The molecule has 0 aromatic heterocycles. The molecular formula is C12H19FN2O. The summed E-state index contributed by atoms with van der Waals surface area (Å²) in [6.07, 6.45) is 3.53. The zero-order valence-corrected chi connectivity index (χ0v) is 9.42. The number of carbonyl (C=O) groups is 1. The second-order valence-electron chi connectivity index (χ2n) is 4.97. The smallest absolute Gasteiger partial charge is 0.229 e. The van der Waals surface area contributed by atoms with Crippen LogP contribution < -0.4 is 11.1 Å². The number of carbonyl (C=O) groups excluding carboxylic acids is 1. The van der Waals surface area contributed by atoms with Crippen molar-refractivity contribution in [3.05, 3.63) is 12.3 Å². The first-order valence-electron chi connectivity index (χ1n) is 5.93. The Bertz CT molecular complexity index is 303. The fourth-order valence-electron chi connectivity index (χ4n) is 3.16. The fourth-order valence-corrected chi connectivity index (χ4v) is 3.16. The van der Waals surface area contributed by atoms with Gasteiger partial charge < -0.3 is 11.1 Å². The summed E-state index contributed by atoms with van der Waals surface area (Å²) in [5.41, 5.74) is 6.51. The minimum atomic E-state index is -0.484. The number of nitrogens with two attached hydrogens (primary N) is 1. The SMILES string of the molecule is C=C(CCF)NC(=O)[C@H]1[C@@H]2CC[C@@H](C2)[C@H]1N. The maximum absolute atomic E-state index is 12.1. The Morgan fingerprint density at radius 3 is 2.69 bits per heavy atom. The van der Waals surface area contributed by atoms with Gasteiger partial charge in [0.15, 0.2) is 0 Å². The van der Waals surface area contributed by atoms with Crippen LogP contribution in [0.5, 0.6) is 0 Å². The summed E-state index contributed by atoms with van der Waals surface area (Å²) in [6, 6.07) is -0.0167. The standard InChI is InChI=1S/C12H19FN2O/c1-7(4-5-13)15-12(16)10-8-2-3-9(6-8)11(10)14/h8-11H,1-6,14H2,(H,15,16)/t8-,9+,10+,11-/m1/s1. The zero-order valence-electron chi connectivity index (χ0n) is 9.42. The number of alkyl halides is 1. The van der Waals surface area contributed by atoms with E-state index in [0.29, 0.717) is 17.5 Å². The van der Waals surface area contributed by atoms with Gasteiger partial charge in [0.25, 0.3) is 0 Å². The normalized spacial score (nSPS) is 36.4. The van der Waals surface area contributed by atoms with Gasteiger partial charge >= 0.3 is 0 Å². The molecule has 0 aliphatic heterocycles. The Morgan fingerprint density at radius 1 is 1.44 bits per heavy atom. The molecule has 4 heteroatoms. The summed E-state index contributed by atoms with van der Waals surface area (Å²) in [4.78, 5) is 12.0. The van der Waals surface area contributed by atoms with Crippen molar-refractivity contribution in [3.63, 3.8) is 0 Å². The highest BCUT2D eigenvalue weighted by atomic mass is 19.1. The number of hydrogen-bond donors (Lipinski definition) is 2. The lowest BCUT2D eigenvalue weighted by Gasteiger charge is -2.27. The van der Waals surface area contributed by atoms with Gasteiger partial charge in [-0.2, -0.15) is 0 Å². The Balaban J connectivity index is 1.92. The molecule has 2 aliphatic carbocycles. The summed E-state index contributed by atoms with van der Waals surface area (Å²) >= 11 is 0. The van der Waals surface area contributed by atoms with Gasteiger partial charge in [0.2, 0.25) is 5.91 Å². The second kappa shape index (κ2) is 4.53. The van der Waals surface area contributed by atoms with Crippen LogP contribution in [0.3, 0.4) is 0 Å². The van der Waals surface area contributed by atoms with Crippen LogP contribution in [0.25, 0.3) is 0 Å². The molecule has 0 heterocycles. The molecule has 2 fully saturated rings. The quantitative estimate of drug-likeness (QED) is 0.760. The summed E-state index contributed by atoms with van der Waals surface area (Å²) in [7, 11) is 0. The highest BCUT2D eigenvalue weighted by Gasteiger charge is 2.49. The molecule has 0 radical (unpaired) electrons. The molecule has 4 atom stereocenters. The maximum Gasteiger partial charge on any atom is 0.229 e. The molecule has 2 bridgehead atoms. The van der Waals surface area contributed by atoms with Crippen LogP contribution in [0.1, 0.15) is 25.7 Å². The van der Waals surface area contributed by atoms with Crippen LogP contribution in [0.15, 0.2) is 12.3 Å². The van der Waals surface area contributed by atoms with E-state index in [9.17, 15) is 9.18 Å². The molecule has 0 saturated heterocycles. The summed E-state index contributed by atoms with van der Waals surface area (Å²) < 4.78 is 12.1. The van der Waals surface area contributed by atoms with Crippen LogP contribution in [-0.2, 0) is 4.79 Å². The second-order valence-corrected chi connectivity index (χ2v) is 4.97. The van der Waals surface area contributed by atoms with E-state index >= 15 is 0 Å². The van der Waals surface area contributed by atoms with E-state index in [0.717, 1.165) is 19.3 Å². The largest absolute Gasteiger partial charge is 0.330 e. The lowest BCUT2D eigenvalue weighted by Crippen LogP contribution is -2.44. The number of hydrogen-bond acceptors (Lipinski definition) is 2. The Labute approximate surface area is 95.3 Å². The van der Waals surface area contributed by atoms with E-state index in [1.165, 1.54) is 0 Å². The van der Waals surface area contributed by atoms with E-state index in [-0.39, 0.29) is 24.3 Å². The average Bonchev–Trinajstić information content (AvgIpc) is 2.77. The fraction of sp³-hybridized carbons (Fsp3) is 0.750. The third-order valence-electron chi connectivity index (χ3n) is 3.98. The molecule has 0 aromatic rings. The number of halogens is 1. The summed E-state index contributed by atoms with van der Waals surface area (Å²) in [5.74, 6) is 0.793. The Hall–Kier alpha value is -0.900. The van der Waals surface area contributed by atoms with Gasteiger partial charge in [-0.05, 0) is 31.1 Å². The van der Waals surface area contributed by atoms with Crippen molar-refractivity contribution in [1.29, 1.82) is 0 Å². The van der Waals surface area contributed by atoms with E-state index in [1.807, 2.05) is 0 Å². The first-order chi connectivity index (χ1) is 7.63. The van der Waals surface area contributed by atoms with Crippen molar-refractivity contribution >= 4 is 5.91 Å². The zero-order chi connectivity index (χ0) is 11.7. The third-order valence-corrected chi connectivity index (χ3v) is 3.98. The van der Waals surface area contributed by atoms with Gasteiger partial charge in [0.1, 0.15) is 0 Å². The predicted molar refractivity (Wildman–Crippen MR) is 60.2 cm³/mol. The molecule has 2 aliphatic rings. The number of allylic oxidation sites excluding steroid dienone is 1. The molecule has 3 N–H and O–H groups in total. The molecule has 1 amide bonds. The van der Waals surface area contributed by atoms with E-state index in [2.05, 4.69) is 11.9 Å². The molecule has 2 rings (SSSR count). The van der Waals surface area contributed by atoms with Crippen molar-refractivity contribution in [3.8, 4) is 0 Å². The first-order valence-corrected chi connectivity index (χ1v) is 5.93. The highest BCUT2D eigenvalue weighted by Crippen LogP contribution is 2.47. The van der Waals surface area contributed by atoms with Gasteiger partial charge in [-0.1, -0.05) is 6.58 Å². The molecule has 0 unspecified atom stereocenters. The molecule has 16 heavy (non-hydrogen) atoms. The van der Waals surface area contributed by atoms with Gasteiger partial charge in [0, 0.05) is 18.2 Å². The first kappa shape index (κ1) is 11.6. The van der Waals surface area contributed by atoms with Crippen LogP contribution in [-0.4, -0.2) is 18.6 Å². The van der Waals surface area contributed by atoms with Gasteiger partial charge in [-0.25, -0.2) is 0 Å². The van der Waals surface area contributed by atoms with Gasteiger partial charge in [0.05, 0.1) is 12.6 Å². The van der Waals surface area contributed by atoms with Crippen molar-refractivity contribution < 1.29 is 9.18 Å². The predicted octanol–water partition coefficient (Wildman–Crippen LogP) is 1.35. The number of fused-ring (bicyclic) bond motifs is 2. The van der Waals surface area contributed by atoms with Crippen molar-refractivity contribution in [1.82, 2.24) is 5.32 Å². The van der Waals surface area contributed by atoms with Crippen molar-refractivity contribution in [2.75, 3.05) is 6.67 Å². The summed E-state index contributed by atoms with van der Waals surface area (Å²) in [6.45, 7) is 3.15. The minimum Gasteiger partial charge on any atom is -0.330 e. The molecule has 0 spiro atoms. The summed E-state index contributed by atoms with van der Waals surface area (Å²) in [5, 5.41) is 2.68. The van der Waals surface area contributed by atoms with Crippen LogP contribution >= 0.6 is 0 Å². The van der Waals surface area contributed by atoms with Crippen LogP contribution in [0.2, 0.25) is 0 Å². The van der Waals surface area contributed by atoms with E-state index in [4.69, 9.17) is 5.73 Å². The van der Waals surface area contributed by atoms with Crippen molar-refractivity contribution in [2.24, 2.45) is 23.5 Å². The van der Waals surface area contributed by atoms with E-state index < -0.39 is 6.67 Å². The van der Waals surface area contributed by atoms with E-state index in [1.54, 1.807) is 0 Å². The van der Waals surface area contributed by atoms with Crippen LogP contribution in [0.4, 0.5) is 4.39 Å². The highest BCUT2D eigenvalue weighted by molar-refractivity contribution is 5.81. The van der Waals surface area contributed by atoms with Gasteiger partial charge in [-0.3, -0.25) is 9.18 Å². The van der Waals surface area contributed by atoms with Crippen LogP contribution in [0, 0.1) is 17.8 Å². The third kappa shape index (κ3) is 1.98. The topological polar surface area (TPSA) is 55.1 Å². The van der Waals surface area contributed by atoms with Gasteiger partial charge in [-0.15, -0.1) is 0 Å². The molecule has 90 valence electrons. The Kier molecular flexibility index (Phi) is 3.28. The number of nitrogens with one attached hydrogen (secondary N) is 1. The molecular weight excluding hydrogens is 207 g/mol. The lowest BCUT2D eigenvalue weighted by molar-refractivity contribution is -0.126. The molecule has 2 saturated carbocycles. The number of amides is 1. The average molecular weight is 226 g/mol. The molecule has 3 nitrogen and oxygen atoms in total. The maximum atomic E-state index is 12.1. The minimum absolute atomic E-state index is 0.0167. The molecule has 0 aromatic carbocycles. The monoisotopic (exact) mass is 226 g/mol. The van der Waals surface area contributed by atoms with Crippen molar-refractivity contribution in [2.45, 2.75) is 31.7 Å². The Morgan fingerprint density at radius 2 is 2.12 bits per heavy atom.